The Labute approximate surface area is 230 Å². The summed E-state index contributed by atoms with van der Waals surface area (Å²) >= 11 is 0. The summed E-state index contributed by atoms with van der Waals surface area (Å²) < 4.78 is 15.1. The number of aromatic amines is 1. The van der Waals surface area contributed by atoms with Crippen molar-refractivity contribution in [2.45, 2.75) is 32.0 Å². The van der Waals surface area contributed by atoms with E-state index in [-0.39, 0.29) is 5.82 Å². The average molecular weight is 543 g/mol. The number of benzene rings is 1. The molecule has 1 fully saturated rings. The highest BCUT2D eigenvalue weighted by molar-refractivity contribution is 5.91. The summed E-state index contributed by atoms with van der Waals surface area (Å²) in [6.45, 7) is 6.98. The molecule has 0 amide bonds. The monoisotopic (exact) mass is 542 g/mol. The molecule has 0 spiro atoms. The van der Waals surface area contributed by atoms with Gasteiger partial charge >= 0.3 is 0 Å². The van der Waals surface area contributed by atoms with Crippen LogP contribution in [0, 0.1) is 5.82 Å². The Morgan fingerprint density at radius 3 is 2.40 bits per heavy atom. The fraction of sp³-hybridized carbons (Fsp3) is 0.321. The van der Waals surface area contributed by atoms with Crippen molar-refractivity contribution < 1.29 is 9.50 Å². The predicted molar refractivity (Wildman–Crippen MR) is 150 cm³/mol. The molecule has 1 aliphatic rings. The van der Waals surface area contributed by atoms with Gasteiger partial charge in [0, 0.05) is 55.9 Å². The molecule has 0 saturated carbocycles. The molecule has 4 N–H and O–H groups in total. The Bertz CT molecular complexity index is 1600. The van der Waals surface area contributed by atoms with E-state index < -0.39 is 11.6 Å². The van der Waals surface area contributed by atoms with Crippen LogP contribution in [0.25, 0.3) is 22.3 Å². The van der Waals surface area contributed by atoms with Crippen LogP contribution in [0.1, 0.15) is 25.0 Å². The number of piperazine rings is 1. The Balaban J connectivity index is 1.15. The van der Waals surface area contributed by atoms with E-state index in [9.17, 15) is 9.50 Å². The van der Waals surface area contributed by atoms with Crippen LogP contribution in [0.5, 0.6) is 0 Å². The summed E-state index contributed by atoms with van der Waals surface area (Å²) in [7, 11) is 0. The number of rotatable bonds is 7. The largest absolute Gasteiger partial charge is 0.391 e. The molecule has 0 radical (unpaired) electrons. The van der Waals surface area contributed by atoms with Gasteiger partial charge in [-0.15, -0.1) is 0 Å². The van der Waals surface area contributed by atoms with Gasteiger partial charge in [-0.25, -0.2) is 24.3 Å². The fourth-order valence-corrected chi connectivity index (χ4v) is 5.04. The molecule has 1 aromatic carbocycles. The topological polar surface area (TPSA) is 138 Å². The van der Waals surface area contributed by atoms with Crippen LogP contribution in [-0.4, -0.2) is 72.1 Å². The first-order valence-corrected chi connectivity index (χ1v) is 13.2. The summed E-state index contributed by atoms with van der Waals surface area (Å²) in [6.07, 6.45) is 8.28. The second-order valence-corrected chi connectivity index (χ2v) is 10.4. The molecule has 2 atom stereocenters. The summed E-state index contributed by atoms with van der Waals surface area (Å²) in [6, 6.07) is 8.23. The normalized spacial score (nSPS) is 16.3. The third-order valence-corrected chi connectivity index (χ3v) is 7.34. The molecule has 1 aliphatic heterocycles. The maximum absolute atomic E-state index is 13.4. The van der Waals surface area contributed by atoms with Crippen molar-refractivity contribution in [1.29, 1.82) is 0 Å². The molecule has 0 aliphatic carbocycles. The van der Waals surface area contributed by atoms with Gasteiger partial charge in [0.1, 0.15) is 23.6 Å². The highest BCUT2D eigenvalue weighted by Crippen LogP contribution is 2.30. The number of nitrogens with zero attached hydrogens (tertiary/aromatic N) is 8. The van der Waals surface area contributed by atoms with E-state index in [1.54, 1.807) is 48.7 Å². The third kappa shape index (κ3) is 4.98. The van der Waals surface area contributed by atoms with Crippen LogP contribution >= 0.6 is 0 Å². The van der Waals surface area contributed by atoms with Crippen molar-refractivity contribution >= 4 is 22.8 Å². The van der Waals surface area contributed by atoms with Gasteiger partial charge in [0.25, 0.3) is 0 Å². The number of nitrogens with one attached hydrogen (secondary N) is 1. The molecule has 5 aromatic rings. The molecule has 6 rings (SSSR count). The lowest BCUT2D eigenvalue weighted by molar-refractivity contribution is 0.168. The van der Waals surface area contributed by atoms with Crippen LogP contribution in [0.4, 0.5) is 16.2 Å². The number of H-pyrrole nitrogens is 1. The highest BCUT2D eigenvalue weighted by atomic mass is 19.1. The zero-order chi connectivity index (χ0) is 27.9. The lowest BCUT2D eigenvalue weighted by Crippen LogP contribution is -2.47. The quantitative estimate of drug-likeness (QED) is 0.283. The van der Waals surface area contributed by atoms with Gasteiger partial charge in [0.15, 0.2) is 0 Å². The SMILES string of the molecule is C[C@H](O)Cn1cc(-c2cc3c(N4CCN(c5ncc(C(C)(N)c6ccc(F)cc6)cn5)CC4)ncnc3[nH]2)cn1. The van der Waals surface area contributed by atoms with Crippen LogP contribution in [-0.2, 0) is 12.1 Å². The molecular weight excluding hydrogens is 511 g/mol. The van der Waals surface area contributed by atoms with Crippen molar-refractivity contribution in [3.05, 3.63) is 78.4 Å². The van der Waals surface area contributed by atoms with Crippen molar-refractivity contribution in [2.24, 2.45) is 5.73 Å². The fourth-order valence-electron chi connectivity index (χ4n) is 5.04. The van der Waals surface area contributed by atoms with E-state index in [1.807, 2.05) is 19.2 Å². The van der Waals surface area contributed by atoms with Gasteiger partial charge in [-0.1, -0.05) is 12.1 Å². The molecule has 1 saturated heterocycles. The number of aliphatic hydroxyl groups is 1. The van der Waals surface area contributed by atoms with E-state index in [0.29, 0.717) is 12.5 Å². The zero-order valence-corrected chi connectivity index (χ0v) is 22.4. The zero-order valence-electron chi connectivity index (χ0n) is 22.4. The van der Waals surface area contributed by atoms with Gasteiger partial charge in [-0.3, -0.25) is 4.68 Å². The molecule has 0 bridgehead atoms. The first kappa shape index (κ1) is 25.8. The number of anilines is 2. The van der Waals surface area contributed by atoms with Gasteiger partial charge < -0.3 is 25.6 Å². The molecule has 206 valence electrons. The Hall–Kier alpha value is -4.42. The number of aromatic nitrogens is 7. The van der Waals surface area contributed by atoms with E-state index in [4.69, 9.17) is 5.73 Å². The lowest BCUT2D eigenvalue weighted by Gasteiger charge is -2.35. The number of hydrogen-bond acceptors (Lipinski definition) is 9. The second-order valence-electron chi connectivity index (χ2n) is 10.4. The number of halogens is 1. The van der Waals surface area contributed by atoms with Crippen LogP contribution in [0.2, 0.25) is 0 Å². The van der Waals surface area contributed by atoms with E-state index >= 15 is 0 Å². The van der Waals surface area contributed by atoms with E-state index in [2.05, 4.69) is 39.8 Å². The molecule has 12 heteroatoms. The van der Waals surface area contributed by atoms with Crippen molar-refractivity contribution in [2.75, 3.05) is 36.0 Å². The van der Waals surface area contributed by atoms with Crippen molar-refractivity contribution in [3.8, 4) is 11.3 Å². The highest BCUT2D eigenvalue weighted by Gasteiger charge is 2.26. The summed E-state index contributed by atoms with van der Waals surface area (Å²) in [5.74, 6) is 1.22. The third-order valence-electron chi connectivity index (χ3n) is 7.34. The Morgan fingerprint density at radius 1 is 1.00 bits per heavy atom. The second kappa shape index (κ2) is 10.3. The van der Waals surface area contributed by atoms with Gasteiger partial charge in [-0.2, -0.15) is 5.10 Å². The first-order valence-electron chi connectivity index (χ1n) is 13.2. The Kier molecular flexibility index (Phi) is 6.64. The minimum atomic E-state index is -0.839. The number of fused-ring (bicyclic) bond motifs is 1. The average Bonchev–Trinajstić information content (AvgIpc) is 3.60. The van der Waals surface area contributed by atoms with Gasteiger partial charge in [0.2, 0.25) is 5.95 Å². The first-order chi connectivity index (χ1) is 19.3. The Morgan fingerprint density at radius 2 is 1.70 bits per heavy atom. The smallest absolute Gasteiger partial charge is 0.225 e. The lowest BCUT2D eigenvalue weighted by atomic mass is 9.87. The molecular formula is C28H31FN10O. The number of hydrogen-bond donors (Lipinski definition) is 3. The van der Waals surface area contributed by atoms with Crippen LogP contribution in [0.3, 0.4) is 0 Å². The molecule has 11 nitrogen and oxygen atoms in total. The minimum absolute atomic E-state index is 0.300. The maximum atomic E-state index is 13.4. The molecule has 40 heavy (non-hydrogen) atoms. The predicted octanol–water partition coefficient (Wildman–Crippen LogP) is 2.68. The van der Waals surface area contributed by atoms with Crippen molar-refractivity contribution in [1.82, 2.24) is 34.7 Å². The van der Waals surface area contributed by atoms with Crippen LogP contribution < -0.4 is 15.5 Å². The minimum Gasteiger partial charge on any atom is -0.391 e. The molecule has 5 heterocycles. The standard InChI is InChI=1S/C28H31FN10O/c1-18(40)15-39-16-19(12-35-39)24-11-23-25(36-24)33-17-34-26(23)37-7-9-38(10-8-37)27-31-13-21(14-32-27)28(2,30)20-3-5-22(29)6-4-20/h3-6,11-14,16-18,40H,7-10,15,30H2,1-2H3,(H,33,34,36)/t18-,28?/m0/s1. The van der Waals surface area contributed by atoms with Crippen molar-refractivity contribution in [3.63, 3.8) is 0 Å². The van der Waals surface area contributed by atoms with Crippen LogP contribution in [0.15, 0.2) is 61.4 Å². The maximum Gasteiger partial charge on any atom is 0.225 e. The molecule has 1 unspecified atom stereocenters. The molecule has 4 aromatic heterocycles. The summed E-state index contributed by atoms with van der Waals surface area (Å²) in [5, 5.41) is 14.9. The number of aliphatic hydroxyl groups excluding tert-OH is 1. The number of nitrogens with two attached hydrogens (primary N) is 1. The van der Waals surface area contributed by atoms with E-state index in [0.717, 1.165) is 65.4 Å². The van der Waals surface area contributed by atoms with E-state index in [1.165, 1.54) is 12.1 Å². The summed E-state index contributed by atoms with van der Waals surface area (Å²) in [4.78, 5) is 26.0. The summed E-state index contributed by atoms with van der Waals surface area (Å²) in [5.41, 5.74) is 9.85. The van der Waals surface area contributed by atoms with Gasteiger partial charge in [0.05, 0.1) is 35.5 Å². The van der Waals surface area contributed by atoms with Gasteiger partial charge in [-0.05, 0) is 37.6 Å².